The molecule has 1 unspecified atom stereocenters. The van der Waals surface area contributed by atoms with Crippen LogP contribution in [0.1, 0.15) is 72.1 Å². The van der Waals surface area contributed by atoms with E-state index < -0.39 is 0 Å². The van der Waals surface area contributed by atoms with E-state index in [2.05, 4.69) is 5.32 Å². The van der Waals surface area contributed by atoms with Crippen LogP contribution in [0.2, 0.25) is 0 Å². The summed E-state index contributed by atoms with van der Waals surface area (Å²) < 4.78 is 0. The number of hydrogen-bond donors (Lipinski definition) is 2. The van der Waals surface area contributed by atoms with Crippen molar-refractivity contribution in [3.8, 4) is 0 Å². The van der Waals surface area contributed by atoms with Crippen LogP contribution in [0.5, 0.6) is 0 Å². The molecule has 0 aromatic rings. The lowest BCUT2D eigenvalue weighted by atomic mass is 9.99. The molecule has 0 heterocycles. The van der Waals surface area contributed by atoms with Gasteiger partial charge in [-0.25, -0.2) is 0 Å². The van der Waals surface area contributed by atoms with E-state index in [1.165, 1.54) is 0 Å². The molecule has 0 aliphatic carbocycles. The molecule has 0 radical (unpaired) electrons. The van der Waals surface area contributed by atoms with Crippen LogP contribution in [0.25, 0.3) is 0 Å². The average Bonchev–Trinajstić information content (AvgIpc) is 2.53. The molecule has 0 bridgehead atoms. The fourth-order valence-electron chi connectivity index (χ4n) is 2.62. The Labute approximate surface area is 146 Å². The second kappa shape index (κ2) is 13.8. The molecular weight excluding hydrogens is 306 g/mol. The summed E-state index contributed by atoms with van der Waals surface area (Å²) in [7, 11) is 0. The fourth-order valence-corrected chi connectivity index (χ4v) is 2.62. The smallest absolute Gasteiger partial charge is 0.222 e. The van der Waals surface area contributed by atoms with Gasteiger partial charge in [0, 0.05) is 38.4 Å². The minimum Gasteiger partial charge on any atom is -0.369 e. The molecule has 3 amide bonds. The van der Waals surface area contributed by atoms with Gasteiger partial charge in [0.25, 0.3) is 0 Å². The van der Waals surface area contributed by atoms with Crippen molar-refractivity contribution >= 4 is 17.7 Å². The molecule has 0 aromatic heterocycles. The van der Waals surface area contributed by atoms with E-state index in [-0.39, 0.29) is 23.6 Å². The third kappa shape index (κ3) is 10.2. The molecule has 6 nitrogen and oxygen atoms in total. The second-order valence-corrected chi connectivity index (χ2v) is 6.23. The van der Waals surface area contributed by atoms with E-state index >= 15 is 0 Å². The van der Waals surface area contributed by atoms with E-state index in [9.17, 15) is 14.4 Å². The molecule has 0 aliphatic heterocycles. The highest BCUT2D eigenvalue weighted by Gasteiger charge is 2.16. The molecule has 0 aliphatic rings. The first kappa shape index (κ1) is 22.4. The molecular formula is C18H35N3O3. The van der Waals surface area contributed by atoms with Gasteiger partial charge in [0.1, 0.15) is 0 Å². The summed E-state index contributed by atoms with van der Waals surface area (Å²) in [5.41, 5.74) is 5.36. The summed E-state index contributed by atoms with van der Waals surface area (Å²) in [5, 5.41) is 2.87. The van der Waals surface area contributed by atoms with Gasteiger partial charge >= 0.3 is 0 Å². The quantitative estimate of drug-likeness (QED) is 0.474. The monoisotopic (exact) mass is 341 g/mol. The molecule has 0 saturated heterocycles. The zero-order chi connectivity index (χ0) is 18.4. The maximum atomic E-state index is 12.2. The molecule has 140 valence electrons. The Morgan fingerprint density at radius 3 is 2.17 bits per heavy atom. The van der Waals surface area contributed by atoms with Crippen molar-refractivity contribution in [2.24, 2.45) is 11.7 Å². The highest BCUT2D eigenvalue weighted by atomic mass is 16.2. The number of nitrogens with two attached hydrogens (primary N) is 1. The zero-order valence-electron chi connectivity index (χ0n) is 15.6. The third-order valence-electron chi connectivity index (χ3n) is 4.10. The molecule has 0 saturated carbocycles. The maximum absolute atomic E-state index is 12.2. The van der Waals surface area contributed by atoms with E-state index in [1.807, 2.05) is 25.7 Å². The number of nitrogens with zero attached hydrogens (tertiary/aromatic N) is 1. The number of nitrogens with one attached hydrogen (secondary N) is 1. The first-order valence-electron chi connectivity index (χ1n) is 9.29. The molecule has 0 fully saturated rings. The van der Waals surface area contributed by atoms with Gasteiger partial charge in [0.05, 0.1) is 0 Å². The standard InChI is InChI=1S/C18H35N3O3/c1-4-9-16(22)20-12-8-14-21(17(23)10-5-2)13-7-11-15(6-3)18(19)24/h15H,4-14H2,1-3H3,(H2,19,24)(H,20,22). The number of rotatable bonds is 14. The normalized spacial score (nSPS) is 11.8. The first-order chi connectivity index (χ1) is 11.5. The minimum absolute atomic E-state index is 0.0659. The number of carbonyl (C=O) groups excluding carboxylic acids is 3. The van der Waals surface area contributed by atoms with Gasteiger partial charge in [-0.2, -0.15) is 0 Å². The Kier molecular flexibility index (Phi) is 12.9. The summed E-state index contributed by atoms with van der Waals surface area (Å²) in [4.78, 5) is 36.8. The largest absolute Gasteiger partial charge is 0.369 e. The Morgan fingerprint density at radius 2 is 1.62 bits per heavy atom. The van der Waals surface area contributed by atoms with Gasteiger partial charge in [-0.15, -0.1) is 0 Å². The van der Waals surface area contributed by atoms with Crippen LogP contribution in [0, 0.1) is 5.92 Å². The maximum Gasteiger partial charge on any atom is 0.222 e. The van der Waals surface area contributed by atoms with Gasteiger partial charge in [0.2, 0.25) is 17.7 Å². The molecule has 0 spiro atoms. The highest BCUT2D eigenvalue weighted by Crippen LogP contribution is 2.11. The van der Waals surface area contributed by atoms with Gasteiger partial charge in [0.15, 0.2) is 0 Å². The Balaban J connectivity index is 4.26. The van der Waals surface area contributed by atoms with Crippen LogP contribution in [0.3, 0.4) is 0 Å². The molecule has 6 heteroatoms. The SMILES string of the molecule is CCCC(=O)NCCCN(CCCC(CC)C(N)=O)C(=O)CCC. The lowest BCUT2D eigenvalue weighted by Gasteiger charge is -2.23. The fraction of sp³-hybridized carbons (Fsp3) is 0.833. The summed E-state index contributed by atoms with van der Waals surface area (Å²) in [6.07, 6.45) is 5.72. The second-order valence-electron chi connectivity index (χ2n) is 6.23. The number of primary amides is 1. The molecule has 24 heavy (non-hydrogen) atoms. The molecule has 1 atom stereocenters. The molecule has 0 aromatic carbocycles. The molecule has 0 rings (SSSR count). The summed E-state index contributed by atoms with van der Waals surface area (Å²) in [5.74, 6) is -0.162. The van der Waals surface area contributed by atoms with Gasteiger partial charge < -0.3 is 16.0 Å². The zero-order valence-corrected chi connectivity index (χ0v) is 15.6. The number of hydrogen-bond acceptors (Lipinski definition) is 3. The van der Waals surface area contributed by atoms with Crippen molar-refractivity contribution in [3.05, 3.63) is 0 Å². The number of carbonyl (C=O) groups is 3. The summed E-state index contributed by atoms with van der Waals surface area (Å²) in [6, 6.07) is 0. The predicted molar refractivity (Wildman–Crippen MR) is 96.2 cm³/mol. The van der Waals surface area contributed by atoms with E-state index in [1.54, 1.807) is 0 Å². The van der Waals surface area contributed by atoms with E-state index in [4.69, 9.17) is 5.73 Å². The third-order valence-corrected chi connectivity index (χ3v) is 4.10. The Bertz CT molecular complexity index is 386. The van der Waals surface area contributed by atoms with Crippen molar-refractivity contribution < 1.29 is 14.4 Å². The van der Waals surface area contributed by atoms with Crippen molar-refractivity contribution in [1.29, 1.82) is 0 Å². The summed E-state index contributed by atoms with van der Waals surface area (Å²) in [6.45, 7) is 7.79. The number of amides is 3. The predicted octanol–water partition coefficient (Wildman–Crippen LogP) is 2.21. The van der Waals surface area contributed by atoms with Crippen molar-refractivity contribution in [2.75, 3.05) is 19.6 Å². The lowest BCUT2D eigenvalue weighted by Crippen LogP contribution is -2.35. The van der Waals surface area contributed by atoms with Crippen molar-refractivity contribution in [2.45, 2.75) is 72.1 Å². The van der Waals surface area contributed by atoms with Crippen LogP contribution >= 0.6 is 0 Å². The van der Waals surface area contributed by atoms with Gasteiger partial charge in [-0.3, -0.25) is 14.4 Å². The Morgan fingerprint density at radius 1 is 1.00 bits per heavy atom. The van der Waals surface area contributed by atoms with E-state index in [0.717, 1.165) is 38.5 Å². The van der Waals surface area contributed by atoms with Gasteiger partial charge in [-0.05, 0) is 38.5 Å². The van der Waals surface area contributed by atoms with Crippen molar-refractivity contribution in [3.63, 3.8) is 0 Å². The van der Waals surface area contributed by atoms with Gasteiger partial charge in [-0.1, -0.05) is 20.8 Å². The average molecular weight is 341 g/mol. The molecule has 3 N–H and O–H groups in total. The highest BCUT2D eigenvalue weighted by molar-refractivity contribution is 5.77. The van der Waals surface area contributed by atoms with E-state index in [0.29, 0.717) is 32.5 Å². The van der Waals surface area contributed by atoms with Crippen LogP contribution in [-0.4, -0.2) is 42.3 Å². The lowest BCUT2D eigenvalue weighted by molar-refractivity contribution is -0.131. The first-order valence-corrected chi connectivity index (χ1v) is 9.29. The summed E-state index contributed by atoms with van der Waals surface area (Å²) >= 11 is 0. The van der Waals surface area contributed by atoms with Crippen LogP contribution in [0.4, 0.5) is 0 Å². The van der Waals surface area contributed by atoms with Crippen molar-refractivity contribution in [1.82, 2.24) is 10.2 Å². The van der Waals surface area contributed by atoms with Crippen LogP contribution in [-0.2, 0) is 14.4 Å². The topological polar surface area (TPSA) is 92.5 Å². The Hall–Kier alpha value is -1.59. The van der Waals surface area contributed by atoms with Crippen LogP contribution < -0.4 is 11.1 Å². The van der Waals surface area contributed by atoms with Crippen LogP contribution in [0.15, 0.2) is 0 Å². The minimum atomic E-state index is -0.262.